The van der Waals surface area contributed by atoms with E-state index in [-0.39, 0.29) is 0 Å². The summed E-state index contributed by atoms with van der Waals surface area (Å²) >= 11 is 2.41. The van der Waals surface area contributed by atoms with Gasteiger partial charge in [-0.05, 0) is 41.9 Å². The van der Waals surface area contributed by atoms with E-state index in [4.69, 9.17) is 0 Å². The molecule has 14 heavy (non-hydrogen) atoms. The summed E-state index contributed by atoms with van der Waals surface area (Å²) in [6.07, 6.45) is 13.9. The van der Waals surface area contributed by atoms with Gasteiger partial charge in [-0.15, -0.1) is 0 Å². The van der Waals surface area contributed by atoms with Gasteiger partial charge in [0.1, 0.15) is 0 Å². The molecule has 0 fully saturated rings. The molecule has 1 aliphatic heterocycles. The number of hydrogen-bond acceptors (Lipinski definition) is 1. The van der Waals surface area contributed by atoms with Gasteiger partial charge in [0.25, 0.3) is 0 Å². The lowest BCUT2D eigenvalue weighted by Crippen LogP contribution is -1.90. The lowest BCUT2D eigenvalue weighted by molar-refractivity contribution is 0.567. The Morgan fingerprint density at radius 2 is 1.21 bits per heavy atom. The first-order valence-electron chi connectivity index (χ1n) is 6.08. The van der Waals surface area contributed by atoms with Crippen molar-refractivity contribution in [3.63, 3.8) is 0 Å². The Balaban J connectivity index is 2.21. The van der Waals surface area contributed by atoms with Crippen LogP contribution < -0.4 is 0 Å². The van der Waals surface area contributed by atoms with Gasteiger partial charge in [0, 0.05) is 6.54 Å². The molecule has 0 aromatic heterocycles. The van der Waals surface area contributed by atoms with Crippen LogP contribution in [-0.4, -0.2) is 10.3 Å². The maximum Gasteiger partial charge on any atom is 0.0728 e. The fourth-order valence-corrected chi connectivity index (χ4v) is 2.52. The van der Waals surface area contributed by atoms with E-state index in [1.165, 1.54) is 67.9 Å². The van der Waals surface area contributed by atoms with Crippen LogP contribution in [0.4, 0.5) is 0 Å². The van der Waals surface area contributed by atoms with Gasteiger partial charge in [-0.3, -0.25) is 4.99 Å². The maximum atomic E-state index is 4.59. The van der Waals surface area contributed by atoms with E-state index in [9.17, 15) is 0 Å². The monoisotopic (exact) mass is 307 g/mol. The Morgan fingerprint density at radius 3 is 1.86 bits per heavy atom. The summed E-state index contributed by atoms with van der Waals surface area (Å²) in [4.78, 5) is 4.59. The van der Waals surface area contributed by atoms with Crippen LogP contribution in [0.25, 0.3) is 0 Å². The van der Waals surface area contributed by atoms with Crippen molar-refractivity contribution in [3.8, 4) is 0 Å². The smallest absolute Gasteiger partial charge is 0.0728 e. The first-order valence-corrected chi connectivity index (χ1v) is 7.16. The molecular weight excluding hydrogens is 285 g/mol. The lowest BCUT2D eigenvalue weighted by Gasteiger charge is -2.00. The van der Waals surface area contributed by atoms with Gasteiger partial charge in [0.05, 0.1) is 3.72 Å². The molecule has 0 amide bonds. The number of hydrogen-bond donors (Lipinski definition) is 0. The van der Waals surface area contributed by atoms with Crippen molar-refractivity contribution in [2.45, 2.75) is 64.2 Å². The summed E-state index contributed by atoms with van der Waals surface area (Å²) < 4.78 is 1.35. The molecule has 0 bridgehead atoms. The average molecular weight is 307 g/mol. The molecule has 0 saturated heterocycles. The molecule has 0 N–H and O–H groups in total. The highest BCUT2D eigenvalue weighted by molar-refractivity contribution is 14.1. The molecule has 82 valence electrons. The molecule has 2 heteroatoms. The predicted octanol–water partition coefficient (Wildman–Crippen LogP) is 4.73. The Hall–Kier alpha value is 0.400. The fourth-order valence-electron chi connectivity index (χ4n) is 1.90. The minimum absolute atomic E-state index is 1.07. The van der Waals surface area contributed by atoms with E-state index in [0.29, 0.717) is 0 Å². The molecule has 1 nitrogen and oxygen atoms in total. The molecule has 0 atom stereocenters. The van der Waals surface area contributed by atoms with Gasteiger partial charge >= 0.3 is 0 Å². The molecule has 1 heterocycles. The summed E-state index contributed by atoms with van der Waals surface area (Å²) in [6, 6.07) is 0. The Labute approximate surface area is 102 Å². The zero-order valence-corrected chi connectivity index (χ0v) is 11.3. The Bertz CT molecular complexity index is 166. The molecule has 0 aliphatic carbocycles. The summed E-state index contributed by atoms with van der Waals surface area (Å²) in [6.45, 7) is 1.07. The summed E-state index contributed by atoms with van der Waals surface area (Å²) in [7, 11) is 0. The fraction of sp³-hybridized carbons (Fsp3) is 0.917. The van der Waals surface area contributed by atoms with E-state index >= 15 is 0 Å². The van der Waals surface area contributed by atoms with Crippen molar-refractivity contribution in [2.75, 3.05) is 6.54 Å². The predicted molar refractivity (Wildman–Crippen MR) is 72.5 cm³/mol. The third kappa shape index (κ3) is 6.80. The highest BCUT2D eigenvalue weighted by atomic mass is 127. The number of rotatable bonds is 0. The number of halogens is 1. The first-order chi connectivity index (χ1) is 6.89. The Morgan fingerprint density at radius 1 is 0.714 bits per heavy atom. The van der Waals surface area contributed by atoms with Crippen LogP contribution in [0.5, 0.6) is 0 Å². The molecular formula is C12H22IN. The van der Waals surface area contributed by atoms with Crippen LogP contribution in [0.3, 0.4) is 0 Å². The Kier molecular flexibility index (Phi) is 7.74. The third-order valence-corrected chi connectivity index (χ3v) is 3.71. The molecule has 0 saturated carbocycles. The molecule has 0 radical (unpaired) electrons. The van der Waals surface area contributed by atoms with Gasteiger partial charge in [0.15, 0.2) is 0 Å². The van der Waals surface area contributed by atoms with Crippen molar-refractivity contribution in [3.05, 3.63) is 0 Å². The van der Waals surface area contributed by atoms with Crippen molar-refractivity contribution in [1.29, 1.82) is 0 Å². The van der Waals surface area contributed by atoms with Crippen LogP contribution in [0.1, 0.15) is 64.2 Å². The second-order valence-electron chi connectivity index (χ2n) is 4.19. The van der Waals surface area contributed by atoms with E-state index in [1.54, 1.807) is 0 Å². The van der Waals surface area contributed by atoms with E-state index in [2.05, 4.69) is 27.6 Å². The van der Waals surface area contributed by atoms with E-state index in [0.717, 1.165) is 6.54 Å². The minimum Gasteiger partial charge on any atom is -0.283 e. The van der Waals surface area contributed by atoms with E-state index in [1.807, 2.05) is 0 Å². The van der Waals surface area contributed by atoms with Gasteiger partial charge in [0.2, 0.25) is 0 Å². The summed E-state index contributed by atoms with van der Waals surface area (Å²) in [5.74, 6) is 0. The van der Waals surface area contributed by atoms with Gasteiger partial charge in [-0.1, -0.05) is 44.9 Å². The first kappa shape index (κ1) is 12.5. The SMILES string of the molecule is IC1=NCCCCCCCCCCC1. The van der Waals surface area contributed by atoms with Crippen LogP contribution in [0.2, 0.25) is 0 Å². The zero-order chi connectivity index (χ0) is 10.1. The van der Waals surface area contributed by atoms with Crippen molar-refractivity contribution in [1.82, 2.24) is 0 Å². The van der Waals surface area contributed by atoms with Crippen molar-refractivity contribution < 1.29 is 0 Å². The topological polar surface area (TPSA) is 12.4 Å². The lowest BCUT2D eigenvalue weighted by atomic mass is 10.1. The average Bonchev–Trinajstić information content (AvgIpc) is 2.20. The standard InChI is InChI=1S/C12H22IN/c13-12-10-8-6-4-2-1-3-5-7-9-11-14-12/h1-11H2. The van der Waals surface area contributed by atoms with Gasteiger partial charge in [-0.25, -0.2) is 0 Å². The van der Waals surface area contributed by atoms with Gasteiger partial charge < -0.3 is 0 Å². The van der Waals surface area contributed by atoms with Crippen LogP contribution in [-0.2, 0) is 0 Å². The van der Waals surface area contributed by atoms with Crippen LogP contribution >= 0.6 is 22.6 Å². The molecule has 0 unspecified atom stereocenters. The number of aliphatic imine (C=N–C) groups is 1. The molecule has 0 aromatic carbocycles. The molecule has 0 spiro atoms. The highest BCUT2D eigenvalue weighted by Gasteiger charge is 1.97. The van der Waals surface area contributed by atoms with Gasteiger partial charge in [-0.2, -0.15) is 0 Å². The third-order valence-electron chi connectivity index (χ3n) is 2.82. The van der Waals surface area contributed by atoms with E-state index < -0.39 is 0 Å². The maximum absolute atomic E-state index is 4.59. The van der Waals surface area contributed by atoms with Crippen molar-refractivity contribution in [2.24, 2.45) is 4.99 Å². The minimum atomic E-state index is 1.07. The quantitative estimate of drug-likeness (QED) is 0.573. The summed E-state index contributed by atoms with van der Waals surface area (Å²) in [5.41, 5.74) is 0. The second kappa shape index (κ2) is 8.69. The largest absolute Gasteiger partial charge is 0.283 e. The molecule has 1 aliphatic rings. The van der Waals surface area contributed by atoms with Crippen LogP contribution in [0.15, 0.2) is 4.99 Å². The second-order valence-corrected chi connectivity index (χ2v) is 5.44. The zero-order valence-electron chi connectivity index (χ0n) is 9.10. The van der Waals surface area contributed by atoms with Crippen molar-refractivity contribution >= 4 is 26.3 Å². The highest BCUT2D eigenvalue weighted by Crippen LogP contribution is 2.13. The number of nitrogens with zero attached hydrogens (tertiary/aromatic N) is 1. The molecule has 0 aromatic rings. The molecule has 1 rings (SSSR count). The summed E-state index contributed by atoms with van der Waals surface area (Å²) in [5, 5.41) is 0. The normalized spacial score (nSPS) is 22.8. The van der Waals surface area contributed by atoms with Crippen LogP contribution in [0, 0.1) is 0 Å².